The Morgan fingerprint density at radius 1 is 1.41 bits per heavy atom. The number of carbonyl (C=O) groups is 1. The van der Waals surface area contributed by atoms with Gasteiger partial charge in [0, 0.05) is 5.02 Å². The molecule has 2 rings (SSSR count). The fourth-order valence-corrected chi connectivity index (χ4v) is 1.69. The summed E-state index contributed by atoms with van der Waals surface area (Å²) in [5.41, 5.74) is 6.09. The van der Waals surface area contributed by atoms with Gasteiger partial charge in [0.2, 0.25) is 0 Å². The molecule has 0 aliphatic heterocycles. The molecule has 17 heavy (non-hydrogen) atoms. The van der Waals surface area contributed by atoms with Crippen molar-refractivity contribution in [2.24, 2.45) is 0 Å². The lowest BCUT2D eigenvalue weighted by Crippen LogP contribution is -2.12. The maximum Gasteiger partial charge on any atom is 0.273 e. The van der Waals surface area contributed by atoms with Crippen molar-refractivity contribution in [2.75, 3.05) is 11.1 Å². The third kappa shape index (κ3) is 2.69. The van der Waals surface area contributed by atoms with E-state index in [-0.39, 0.29) is 17.5 Å². The van der Waals surface area contributed by atoms with Gasteiger partial charge in [-0.2, -0.15) is 0 Å². The molecule has 0 atom stereocenters. The van der Waals surface area contributed by atoms with E-state index in [0.29, 0.717) is 15.7 Å². The highest BCUT2D eigenvalue weighted by Crippen LogP contribution is 2.25. The summed E-state index contributed by atoms with van der Waals surface area (Å²) in [5.74, 6) is -0.198. The minimum atomic E-state index is -0.376. The number of hydrogen-bond donors (Lipinski definition) is 3. The summed E-state index contributed by atoms with van der Waals surface area (Å²) < 4.78 is 0. The number of nitrogens with one attached hydrogen (secondary N) is 2. The molecule has 0 spiro atoms. The van der Waals surface area contributed by atoms with Gasteiger partial charge in [-0.25, -0.2) is 4.98 Å². The Hall–Kier alpha value is -1.72. The number of nitrogens with two attached hydrogens (primary N) is 1. The molecule has 2 aromatic rings. The molecule has 0 radical (unpaired) electrons. The first kappa shape index (κ1) is 11.8. The lowest BCUT2D eigenvalue weighted by atomic mass is 10.3. The maximum absolute atomic E-state index is 11.7. The van der Waals surface area contributed by atoms with E-state index in [1.54, 1.807) is 18.2 Å². The van der Waals surface area contributed by atoms with Gasteiger partial charge in [0.05, 0.1) is 16.9 Å². The van der Waals surface area contributed by atoms with Crippen LogP contribution < -0.4 is 11.1 Å². The van der Waals surface area contributed by atoms with E-state index < -0.39 is 0 Å². The molecule has 5 nitrogen and oxygen atoms in total. The number of imidazole rings is 1. The van der Waals surface area contributed by atoms with Crippen LogP contribution in [0.15, 0.2) is 24.4 Å². The van der Waals surface area contributed by atoms with E-state index in [1.807, 2.05) is 0 Å². The third-order valence-electron chi connectivity index (χ3n) is 2.02. The van der Waals surface area contributed by atoms with Gasteiger partial charge in [-0.3, -0.25) is 4.79 Å². The molecule has 4 N–H and O–H groups in total. The van der Waals surface area contributed by atoms with Crippen molar-refractivity contribution in [1.29, 1.82) is 0 Å². The van der Waals surface area contributed by atoms with Crippen LogP contribution in [0.1, 0.15) is 10.5 Å². The van der Waals surface area contributed by atoms with Crippen molar-refractivity contribution in [3.8, 4) is 0 Å². The quantitative estimate of drug-likeness (QED) is 0.784. The molecule has 0 fully saturated rings. The highest BCUT2D eigenvalue weighted by atomic mass is 35.5. The predicted octanol–water partition coefficient (Wildman–Crippen LogP) is 2.55. The fourth-order valence-electron chi connectivity index (χ4n) is 1.23. The Bertz CT molecular complexity index is 567. The summed E-state index contributed by atoms with van der Waals surface area (Å²) in [6.45, 7) is 0. The molecular formula is C10H8Cl2N4O. The lowest BCUT2D eigenvalue weighted by molar-refractivity contribution is 0.102. The molecule has 0 saturated carbocycles. The summed E-state index contributed by atoms with van der Waals surface area (Å²) in [5, 5.41) is 3.47. The molecule has 0 bridgehead atoms. The molecular weight excluding hydrogens is 263 g/mol. The van der Waals surface area contributed by atoms with Crippen molar-refractivity contribution < 1.29 is 4.79 Å². The second kappa shape index (κ2) is 4.65. The van der Waals surface area contributed by atoms with Crippen molar-refractivity contribution in [1.82, 2.24) is 9.97 Å². The molecule has 1 aromatic carbocycles. The number of rotatable bonds is 2. The van der Waals surface area contributed by atoms with Crippen LogP contribution in [0.2, 0.25) is 10.0 Å². The largest absolute Gasteiger partial charge is 0.369 e. The first-order valence-corrected chi connectivity index (χ1v) is 5.39. The van der Waals surface area contributed by atoms with Crippen LogP contribution >= 0.6 is 23.2 Å². The smallest absolute Gasteiger partial charge is 0.273 e. The summed E-state index contributed by atoms with van der Waals surface area (Å²) in [7, 11) is 0. The number of halogens is 2. The standard InChI is InChI=1S/C10H8Cl2N4O/c11-5-1-2-7(6(12)3-5)15-9(17)8-4-14-10(13)16-8/h1-4H,(H,15,17)(H3,13,14,16). The van der Waals surface area contributed by atoms with Crippen molar-refractivity contribution in [2.45, 2.75) is 0 Å². The second-order valence-electron chi connectivity index (χ2n) is 3.26. The summed E-state index contributed by atoms with van der Waals surface area (Å²) in [6.07, 6.45) is 1.34. The minimum absolute atomic E-state index is 0.178. The van der Waals surface area contributed by atoms with Crippen molar-refractivity contribution >= 4 is 40.7 Å². The van der Waals surface area contributed by atoms with Crippen molar-refractivity contribution in [3.63, 3.8) is 0 Å². The number of aromatic amines is 1. The zero-order valence-electron chi connectivity index (χ0n) is 8.50. The Labute approximate surface area is 107 Å². The molecule has 88 valence electrons. The highest BCUT2D eigenvalue weighted by molar-refractivity contribution is 6.36. The molecule has 0 saturated heterocycles. The highest BCUT2D eigenvalue weighted by Gasteiger charge is 2.10. The SMILES string of the molecule is Nc1ncc(C(=O)Nc2ccc(Cl)cc2Cl)[nH]1. The maximum atomic E-state index is 11.7. The van der Waals surface area contributed by atoms with Gasteiger partial charge < -0.3 is 16.0 Å². The zero-order valence-corrected chi connectivity index (χ0v) is 10.0. The van der Waals surface area contributed by atoms with Crippen LogP contribution in [0.4, 0.5) is 11.6 Å². The molecule has 7 heteroatoms. The van der Waals surface area contributed by atoms with E-state index in [0.717, 1.165) is 0 Å². The number of aromatic nitrogens is 2. The Kier molecular flexibility index (Phi) is 3.21. The predicted molar refractivity (Wildman–Crippen MR) is 67.4 cm³/mol. The van der Waals surface area contributed by atoms with Gasteiger partial charge in [0.1, 0.15) is 5.69 Å². The van der Waals surface area contributed by atoms with Crippen LogP contribution in [-0.2, 0) is 0 Å². The number of amides is 1. The van der Waals surface area contributed by atoms with E-state index in [9.17, 15) is 4.79 Å². The molecule has 0 aliphatic carbocycles. The van der Waals surface area contributed by atoms with Gasteiger partial charge >= 0.3 is 0 Å². The fraction of sp³-hybridized carbons (Fsp3) is 0. The summed E-state index contributed by atoms with van der Waals surface area (Å²) in [6, 6.07) is 4.78. The average molecular weight is 271 g/mol. The Balaban J connectivity index is 2.18. The van der Waals surface area contributed by atoms with Crippen LogP contribution in [0.5, 0.6) is 0 Å². The number of carbonyl (C=O) groups excluding carboxylic acids is 1. The van der Waals surface area contributed by atoms with E-state index in [1.165, 1.54) is 6.20 Å². The molecule has 1 heterocycles. The first-order chi connectivity index (χ1) is 8.06. The number of nitrogens with zero attached hydrogens (tertiary/aromatic N) is 1. The second-order valence-corrected chi connectivity index (χ2v) is 4.10. The van der Waals surface area contributed by atoms with Gasteiger partial charge in [0.15, 0.2) is 5.95 Å². The number of anilines is 2. The molecule has 0 unspecified atom stereocenters. The van der Waals surface area contributed by atoms with Crippen LogP contribution in [0.3, 0.4) is 0 Å². The average Bonchev–Trinajstić information content (AvgIpc) is 2.69. The topological polar surface area (TPSA) is 83.8 Å². The Morgan fingerprint density at radius 3 is 2.76 bits per heavy atom. The number of benzene rings is 1. The van der Waals surface area contributed by atoms with Gasteiger partial charge in [-0.05, 0) is 18.2 Å². The van der Waals surface area contributed by atoms with Crippen LogP contribution in [0.25, 0.3) is 0 Å². The molecule has 1 aromatic heterocycles. The Morgan fingerprint density at radius 2 is 2.18 bits per heavy atom. The number of hydrogen-bond acceptors (Lipinski definition) is 3. The van der Waals surface area contributed by atoms with E-state index in [2.05, 4.69) is 15.3 Å². The monoisotopic (exact) mass is 270 g/mol. The van der Waals surface area contributed by atoms with Crippen LogP contribution in [-0.4, -0.2) is 15.9 Å². The third-order valence-corrected chi connectivity index (χ3v) is 2.57. The summed E-state index contributed by atoms with van der Waals surface area (Å²) >= 11 is 11.7. The first-order valence-electron chi connectivity index (χ1n) is 4.63. The van der Waals surface area contributed by atoms with E-state index >= 15 is 0 Å². The zero-order chi connectivity index (χ0) is 12.4. The van der Waals surface area contributed by atoms with Gasteiger partial charge in [0.25, 0.3) is 5.91 Å². The number of nitrogen functional groups attached to an aromatic ring is 1. The number of H-pyrrole nitrogens is 1. The minimum Gasteiger partial charge on any atom is -0.369 e. The van der Waals surface area contributed by atoms with E-state index in [4.69, 9.17) is 28.9 Å². The normalized spacial score (nSPS) is 10.2. The van der Waals surface area contributed by atoms with Crippen molar-refractivity contribution in [3.05, 3.63) is 40.1 Å². The lowest BCUT2D eigenvalue weighted by Gasteiger charge is -2.05. The molecule has 0 aliphatic rings. The van der Waals surface area contributed by atoms with Gasteiger partial charge in [-0.15, -0.1) is 0 Å². The van der Waals surface area contributed by atoms with Crippen LogP contribution in [0, 0.1) is 0 Å². The van der Waals surface area contributed by atoms with Gasteiger partial charge in [-0.1, -0.05) is 23.2 Å². The summed E-state index contributed by atoms with van der Waals surface area (Å²) in [4.78, 5) is 18.1. The molecule has 1 amide bonds.